The number of hydrogen-bond donors (Lipinski definition) is 1. The zero-order valence-corrected chi connectivity index (χ0v) is 11.3. The summed E-state index contributed by atoms with van der Waals surface area (Å²) in [5.41, 5.74) is -0.152. The van der Waals surface area contributed by atoms with E-state index in [4.69, 9.17) is 5.11 Å². The molecule has 21 heavy (non-hydrogen) atoms. The Morgan fingerprint density at radius 1 is 1.29 bits per heavy atom. The minimum atomic E-state index is -1.20. The fourth-order valence-corrected chi connectivity index (χ4v) is 2.10. The monoisotopic (exact) mass is 296 g/mol. The molecule has 1 saturated heterocycles. The summed E-state index contributed by atoms with van der Waals surface area (Å²) in [5, 5.41) is 8.50. The highest BCUT2D eigenvalue weighted by Gasteiger charge is 2.25. The number of carboxylic acids is 1. The van der Waals surface area contributed by atoms with Crippen LogP contribution in [0.15, 0.2) is 18.2 Å². The summed E-state index contributed by atoms with van der Waals surface area (Å²) in [6, 6.07) is 2.08. The van der Waals surface area contributed by atoms with E-state index in [9.17, 15) is 18.4 Å². The minimum absolute atomic E-state index is 0.0886. The number of benzene rings is 1. The third-order valence-corrected chi connectivity index (χ3v) is 3.23. The van der Waals surface area contributed by atoms with Crippen LogP contribution in [-0.2, 0) is 9.59 Å². The van der Waals surface area contributed by atoms with E-state index in [2.05, 4.69) is 0 Å². The quantitative estimate of drug-likeness (QED) is 0.855. The molecule has 1 aliphatic rings. The van der Waals surface area contributed by atoms with Gasteiger partial charge in [-0.1, -0.05) is 0 Å². The van der Waals surface area contributed by atoms with Crippen molar-refractivity contribution in [3.05, 3.63) is 35.4 Å². The summed E-state index contributed by atoms with van der Waals surface area (Å²) in [4.78, 5) is 24.8. The number of amides is 1. The Balaban J connectivity index is 2.29. The van der Waals surface area contributed by atoms with Gasteiger partial charge >= 0.3 is 5.97 Å². The molecule has 0 spiro atoms. The number of hydrogen-bond acceptors (Lipinski definition) is 3. The number of likely N-dealkylation sites (N-methyl/N-ethyl adjacent to an activating group) is 1. The molecule has 0 aromatic heterocycles. The summed E-state index contributed by atoms with van der Waals surface area (Å²) in [6.07, 6.45) is 1.90. The first kappa shape index (κ1) is 15.0. The molecule has 0 aliphatic carbocycles. The average Bonchev–Trinajstić information content (AvgIpc) is 2.39. The SMILES string of the molecule is CN1CCN(c2c(F)cc(C=CC(=O)O)cc2F)CC1=O. The first-order valence-electron chi connectivity index (χ1n) is 6.27. The van der Waals surface area contributed by atoms with Gasteiger partial charge in [0.1, 0.15) is 17.3 Å². The van der Waals surface area contributed by atoms with Gasteiger partial charge in [0.15, 0.2) is 0 Å². The van der Waals surface area contributed by atoms with E-state index in [1.165, 1.54) is 9.80 Å². The number of rotatable bonds is 3. The molecule has 1 fully saturated rings. The maximum Gasteiger partial charge on any atom is 0.328 e. The van der Waals surface area contributed by atoms with Crippen LogP contribution < -0.4 is 4.90 Å². The van der Waals surface area contributed by atoms with Crippen molar-refractivity contribution in [2.24, 2.45) is 0 Å². The summed E-state index contributed by atoms with van der Waals surface area (Å²) < 4.78 is 28.1. The van der Waals surface area contributed by atoms with Crippen LogP contribution in [0.25, 0.3) is 6.08 Å². The van der Waals surface area contributed by atoms with Crippen molar-refractivity contribution in [2.75, 3.05) is 31.6 Å². The smallest absolute Gasteiger partial charge is 0.328 e. The number of anilines is 1. The van der Waals surface area contributed by atoms with Crippen molar-refractivity contribution in [2.45, 2.75) is 0 Å². The Bertz CT molecular complexity index is 593. The Morgan fingerprint density at radius 2 is 1.90 bits per heavy atom. The molecule has 2 rings (SSSR count). The third kappa shape index (κ3) is 3.36. The lowest BCUT2D eigenvalue weighted by Crippen LogP contribution is -2.49. The standard InChI is InChI=1S/C14H14F2N2O3/c1-17-4-5-18(8-12(17)19)14-10(15)6-9(7-11(14)16)2-3-13(20)21/h2-3,6-7H,4-5,8H2,1H3,(H,20,21). The van der Waals surface area contributed by atoms with Gasteiger partial charge in [0.2, 0.25) is 5.91 Å². The van der Waals surface area contributed by atoms with E-state index in [1.807, 2.05) is 0 Å². The molecule has 0 radical (unpaired) electrons. The Kier molecular flexibility index (Phi) is 4.21. The normalized spacial score (nSPS) is 15.9. The zero-order chi connectivity index (χ0) is 15.6. The highest BCUT2D eigenvalue weighted by Crippen LogP contribution is 2.26. The van der Waals surface area contributed by atoms with Gasteiger partial charge in [0, 0.05) is 26.2 Å². The first-order chi connectivity index (χ1) is 9.88. The summed E-state index contributed by atoms with van der Waals surface area (Å²) in [7, 11) is 1.63. The minimum Gasteiger partial charge on any atom is -0.478 e. The molecular formula is C14H14F2N2O3. The van der Waals surface area contributed by atoms with Crippen LogP contribution in [0.4, 0.5) is 14.5 Å². The molecule has 1 heterocycles. The van der Waals surface area contributed by atoms with Gasteiger partial charge in [0.05, 0.1) is 6.54 Å². The number of nitrogens with zero attached hydrogens (tertiary/aromatic N) is 2. The molecule has 1 amide bonds. The molecule has 1 aromatic carbocycles. The predicted molar refractivity (Wildman–Crippen MR) is 72.9 cm³/mol. The maximum atomic E-state index is 14.1. The second-order valence-corrected chi connectivity index (χ2v) is 4.74. The van der Waals surface area contributed by atoms with Crippen LogP contribution in [0.1, 0.15) is 5.56 Å². The van der Waals surface area contributed by atoms with Crippen molar-refractivity contribution in [1.29, 1.82) is 0 Å². The summed E-state index contributed by atoms with van der Waals surface area (Å²) >= 11 is 0. The van der Waals surface area contributed by atoms with Crippen LogP contribution in [0.3, 0.4) is 0 Å². The number of carbonyl (C=O) groups is 2. The number of carbonyl (C=O) groups excluding carboxylic acids is 1. The van der Waals surface area contributed by atoms with Gasteiger partial charge in [-0.05, 0) is 23.8 Å². The third-order valence-electron chi connectivity index (χ3n) is 3.23. The van der Waals surface area contributed by atoms with E-state index >= 15 is 0 Å². The van der Waals surface area contributed by atoms with Gasteiger partial charge in [-0.25, -0.2) is 13.6 Å². The van der Waals surface area contributed by atoms with Crippen LogP contribution in [0.2, 0.25) is 0 Å². The molecule has 5 nitrogen and oxygen atoms in total. The van der Waals surface area contributed by atoms with E-state index in [0.29, 0.717) is 13.1 Å². The molecule has 1 aliphatic heterocycles. The highest BCUT2D eigenvalue weighted by molar-refractivity contribution is 5.85. The van der Waals surface area contributed by atoms with Crippen LogP contribution >= 0.6 is 0 Å². The van der Waals surface area contributed by atoms with Crippen LogP contribution in [0.5, 0.6) is 0 Å². The second kappa shape index (κ2) is 5.90. The van der Waals surface area contributed by atoms with Crippen molar-refractivity contribution >= 4 is 23.6 Å². The number of halogens is 2. The van der Waals surface area contributed by atoms with Crippen molar-refractivity contribution < 1.29 is 23.5 Å². The second-order valence-electron chi connectivity index (χ2n) is 4.74. The lowest BCUT2D eigenvalue weighted by Gasteiger charge is -2.33. The molecule has 1 N–H and O–H groups in total. The van der Waals surface area contributed by atoms with E-state index in [-0.39, 0.29) is 23.7 Å². The fraction of sp³-hybridized carbons (Fsp3) is 0.286. The van der Waals surface area contributed by atoms with Gasteiger partial charge in [-0.2, -0.15) is 0 Å². The Morgan fingerprint density at radius 3 is 2.43 bits per heavy atom. The molecule has 0 saturated carbocycles. The van der Waals surface area contributed by atoms with Gasteiger partial charge in [0.25, 0.3) is 0 Å². The topological polar surface area (TPSA) is 60.9 Å². The van der Waals surface area contributed by atoms with Crippen LogP contribution in [-0.4, -0.2) is 48.6 Å². The average molecular weight is 296 g/mol. The molecule has 0 bridgehead atoms. The summed E-state index contributed by atoms with van der Waals surface area (Å²) in [5.74, 6) is -3.06. The lowest BCUT2D eigenvalue weighted by atomic mass is 10.1. The number of carboxylic acid groups (broad SMARTS) is 1. The highest BCUT2D eigenvalue weighted by atomic mass is 19.1. The molecule has 0 atom stereocenters. The van der Waals surface area contributed by atoms with E-state index < -0.39 is 17.6 Å². The molecule has 0 unspecified atom stereocenters. The zero-order valence-electron chi connectivity index (χ0n) is 11.3. The lowest BCUT2D eigenvalue weighted by molar-refractivity contribution is -0.131. The van der Waals surface area contributed by atoms with Gasteiger partial charge in [-0.15, -0.1) is 0 Å². The van der Waals surface area contributed by atoms with Crippen molar-refractivity contribution in [3.8, 4) is 0 Å². The van der Waals surface area contributed by atoms with Crippen molar-refractivity contribution in [3.63, 3.8) is 0 Å². The maximum absolute atomic E-state index is 14.1. The Labute approximate surface area is 120 Å². The van der Waals surface area contributed by atoms with Gasteiger partial charge in [-0.3, -0.25) is 4.79 Å². The largest absolute Gasteiger partial charge is 0.478 e. The number of aliphatic carboxylic acids is 1. The van der Waals surface area contributed by atoms with Crippen LogP contribution in [0, 0.1) is 11.6 Å². The first-order valence-corrected chi connectivity index (χ1v) is 6.27. The van der Waals surface area contributed by atoms with E-state index in [0.717, 1.165) is 24.3 Å². The predicted octanol–water partition coefficient (Wildman–Crippen LogP) is 1.34. The number of piperazine rings is 1. The van der Waals surface area contributed by atoms with Gasteiger partial charge < -0.3 is 14.9 Å². The van der Waals surface area contributed by atoms with E-state index in [1.54, 1.807) is 7.05 Å². The van der Waals surface area contributed by atoms with Crippen molar-refractivity contribution in [1.82, 2.24) is 4.90 Å². The molecule has 7 heteroatoms. The molecule has 1 aromatic rings. The Hall–Kier alpha value is -2.44. The fourth-order valence-electron chi connectivity index (χ4n) is 2.10. The molecular weight excluding hydrogens is 282 g/mol. The summed E-state index contributed by atoms with van der Waals surface area (Å²) in [6.45, 7) is 0.632. The molecule has 112 valence electrons.